The monoisotopic (exact) mass is 380 g/mol. The van der Waals surface area contributed by atoms with Gasteiger partial charge in [-0.25, -0.2) is 9.55 Å². The van der Waals surface area contributed by atoms with Gasteiger partial charge in [0.1, 0.15) is 12.1 Å². The molecule has 0 atom stereocenters. The van der Waals surface area contributed by atoms with E-state index in [1.165, 1.54) is 5.56 Å². The number of hydrogen-bond donors (Lipinski definition) is 0. The van der Waals surface area contributed by atoms with E-state index in [2.05, 4.69) is 41.9 Å². The van der Waals surface area contributed by atoms with Crippen molar-refractivity contribution in [1.82, 2.24) is 4.98 Å². The average Bonchev–Trinajstić information content (AvgIpc) is 2.83. The first-order chi connectivity index (χ1) is 9.26. The van der Waals surface area contributed by atoms with Gasteiger partial charge in [0.25, 0.3) is 0 Å². The Bertz CT molecular complexity index is 704. The third-order valence-electron chi connectivity index (χ3n) is 3.16. The molecule has 3 rings (SSSR count). The van der Waals surface area contributed by atoms with Gasteiger partial charge in [-0.3, -0.25) is 0 Å². The maximum atomic E-state index is 5.81. The molecule has 0 fully saturated rings. The molecule has 0 aliphatic heterocycles. The summed E-state index contributed by atoms with van der Waals surface area (Å²) in [5.74, 6) is 0.684. The van der Waals surface area contributed by atoms with Crippen LogP contribution in [0, 0.1) is 6.92 Å². The number of pyridine rings is 1. The van der Waals surface area contributed by atoms with Crippen LogP contribution < -0.4 is 28.5 Å². The van der Waals surface area contributed by atoms with Gasteiger partial charge >= 0.3 is 0 Å². The number of fused-ring (bicyclic) bond motifs is 1. The highest BCUT2D eigenvalue weighted by Gasteiger charge is 2.09. The molecular formula is C16H17IN2O. The molecule has 0 unspecified atom stereocenters. The molecular weight excluding hydrogens is 363 g/mol. The number of benzene rings is 1. The number of rotatable bonds is 3. The third-order valence-corrected chi connectivity index (χ3v) is 3.16. The zero-order valence-electron chi connectivity index (χ0n) is 11.6. The predicted molar refractivity (Wildman–Crippen MR) is 74.7 cm³/mol. The van der Waals surface area contributed by atoms with Crippen molar-refractivity contribution in [2.24, 2.45) is 0 Å². The molecule has 104 valence electrons. The van der Waals surface area contributed by atoms with Gasteiger partial charge in [-0.2, -0.15) is 0 Å². The van der Waals surface area contributed by atoms with Crippen molar-refractivity contribution >= 4 is 11.1 Å². The van der Waals surface area contributed by atoms with Gasteiger partial charge in [-0.05, 0) is 24.6 Å². The lowest BCUT2D eigenvalue weighted by atomic mass is 10.2. The van der Waals surface area contributed by atoms with Gasteiger partial charge in [0.15, 0.2) is 18.0 Å². The summed E-state index contributed by atoms with van der Waals surface area (Å²) in [4.78, 5) is 4.52. The molecule has 3 aromatic rings. The topological polar surface area (TPSA) is 29.9 Å². The summed E-state index contributed by atoms with van der Waals surface area (Å²) in [5, 5.41) is 0. The van der Waals surface area contributed by atoms with Crippen LogP contribution in [0.4, 0.5) is 0 Å². The van der Waals surface area contributed by atoms with Crippen LogP contribution in [0.3, 0.4) is 0 Å². The summed E-state index contributed by atoms with van der Waals surface area (Å²) >= 11 is 0. The predicted octanol–water partition coefficient (Wildman–Crippen LogP) is 0.505. The van der Waals surface area contributed by atoms with Crippen molar-refractivity contribution in [2.45, 2.75) is 26.8 Å². The van der Waals surface area contributed by atoms with Gasteiger partial charge in [-0.15, -0.1) is 0 Å². The lowest BCUT2D eigenvalue weighted by Crippen LogP contribution is -3.00. The quantitative estimate of drug-likeness (QED) is 0.490. The summed E-state index contributed by atoms with van der Waals surface area (Å²) in [6.07, 6.45) is 5.27. The van der Waals surface area contributed by atoms with E-state index >= 15 is 0 Å². The second-order valence-electron chi connectivity index (χ2n) is 4.81. The Morgan fingerprint density at radius 3 is 2.60 bits per heavy atom. The lowest BCUT2D eigenvalue weighted by molar-refractivity contribution is -0.696. The molecule has 0 radical (unpaired) electrons. The lowest BCUT2D eigenvalue weighted by Gasteiger charge is -1.95. The fraction of sp³-hybridized carbons (Fsp3) is 0.250. The van der Waals surface area contributed by atoms with Gasteiger partial charge in [0, 0.05) is 24.1 Å². The zero-order chi connectivity index (χ0) is 13.2. The standard InChI is InChI=1S/C16H17N2O.HI/c1-3-8-18-9-6-13(7-10-18)16-17-14-5-4-12(2)11-15(14)19-16;/h4-7,9-11H,3,8H2,1-2H3;1H/q+1;/p-1. The average molecular weight is 380 g/mol. The molecule has 0 aliphatic rings. The van der Waals surface area contributed by atoms with E-state index in [0.717, 1.165) is 29.6 Å². The van der Waals surface area contributed by atoms with Crippen LogP contribution >= 0.6 is 0 Å². The van der Waals surface area contributed by atoms with Crippen LogP contribution in [0.15, 0.2) is 47.1 Å². The largest absolute Gasteiger partial charge is 1.00 e. The molecule has 0 saturated heterocycles. The van der Waals surface area contributed by atoms with Crippen LogP contribution in [0.2, 0.25) is 0 Å². The Balaban J connectivity index is 0.00000147. The first kappa shape index (κ1) is 15.0. The molecule has 0 N–H and O–H groups in total. The Hall–Kier alpha value is -1.43. The van der Waals surface area contributed by atoms with Crippen molar-refractivity contribution < 1.29 is 33.0 Å². The SMILES string of the molecule is CCC[n+]1ccc(-c2nc3ccc(C)cc3o2)cc1.[I-]. The van der Waals surface area contributed by atoms with Gasteiger partial charge < -0.3 is 28.4 Å². The molecule has 0 amide bonds. The van der Waals surface area contributed by atoms with Crippen LogP contribution in [0.25, 0.3) is 22.6 Å². The van der Waals surface area contributed by atoms with Gasteiger partial charge in [0.2, 0.25) is 5.89 Å². The number of oxazole rings is 1. The number of aryl methyl sites for hydroxylation is 2. The Kier molecular flexibility index (Phi) is 4.75. The normalized spacial score (nSPS) is 10.5. The summed E-state index contributed by atoms with van der Waals surface area (Å²) in [6.45, 7) is 5.26. The zero-order valence-corrected chi connectivity index (χ0v) is 13.8. The van der Waals surface area contributed by atoms with Crippen molar-refractivity contribution in [3.05, 3.63) is 48.3 Å². The van der Waals surface area contributed by atoms with Crippen molar-refractivity contribution in [1.29, 1.82) is 0 Å². The minimum absolute atomic E-state index is 0. The summed E-state index contributed by atoms with van der Waals surface area (Å²) < 4.78 is 7.98. The number of nitrogens with zero attached hydrogens (tertiary/aromatic N) is 2. The van der Waals surface area contributed by atoms with E-state index in [9.17, 15) is 0 Å². The van der Waals surface area contributed by atoms with Crippen LogP contribution in [-0.4, -0.2) is 4.98 Å². The van der Waals surface area contributed by atoms with Crippen LogP contribution in [0.5, 0.6) is 0 Å². The highest BCUT2D eigenvalue weighted by molar-refractivity contribution is 5.76. The molecule has 3 nitrogen and oxygen atoms in total. The third kappa shape index (κ3) is 3.00. The van der Waals surface area contributed by atoms with E-state index < -0.39 is 0 Å². The highest BCUT2D eigenvalue weighted by atomic mass is 127. The van der Waals surface area contributed by atoms with Crippen molar-refractivity contribution in [2.75, 3.05) is 0 Å². The minimum atomic E-state index is 0. The van der Waals surface area contributed by atoms with Crippen LogP contribution in [-0.2, 0) is 6.54 Å². The molecule has 4 heteroatoms. The summed E-state index contributed by atoms with van der Waals surface area (Å²) in [5.41, 5.74) is 3.96. The second kappa shape index (κ2) is 6.35. The molecule has 20 heavy (non-hydrogen) atoms. The number of hydrogen-bond acceptors (Lipinski definition) is 2. The molecule has 0 bridgehead atoms. The first-order valence-electron chi connectivity index (χ1n) is 6.63. The first-order valence-corrected chi connectivity index (χ1v) is 6.63. The minimum Gasteiger partial charge on any atom is -1.00 e. The highest BCUT2D eigenvalue weighted by Crippen LogP contribution is 2.24. The van der Waals surface area contributed by atoms with E-state index in [4.69, 9.17) is 4.42 Å². The maximum absolute atomic E-state index is 5.81. The molecule has 0 spiro atoms. The van der Waals surface area contributed by atoms with E-state index in [1.54, 1.807) is 0 Å². The molecule has 2 heterocycles. The Morgan fingerprint density at radius 2 is 1.90 bits per heavy atom. The smallest absolute Gasteiger partial charge is 0.227 e. The van der Waals surface area contributed by atoms with E-state index in [1.807, 2.05) is 24.3 Å². The Labute approximate surface area is 135 Å². The summed E-state index contributed by atoms with van der Waals surface area (Å²) in [6, 6.07) is 10.2. The van der Waals surface area contributed by atoms with Crippen LogP contribution in [0.1, 0.15) is 18.9 Å². The number of halogens is 1. The van der Waals surface area contributed by atoms with Gasteiger partial charge in [-0.1, -0.05) is 13.0 Å². The molecule has 1 aromatic carbocycles. The maximum Gasteiger partial charge on any atom is 0.227 e. The second-order valence-corrected chi connectivity index (χ2v) is 4.81. The fourth-order valence-electron chi connectivity index (χ4n) is 2.16. The summed E-state index contributed by atoms with van der Waals surface area (Å²) in [7, 11) is 0. The fourth-order valence-corrected chi connectivity index (χ4v) is 2.16. The van der Waals surface area contributed by atoms with E-state index in [-0.39, 0.29) is 24.0 Å². The Morgan fingerprint density at radius 1 is 1.15 bits per heavy atom. The van der Waals surface area contributed by atoms with E-state index in [0.29, 0.717) is 5.89 Å². The number of aromatic nitrogens is 2. The van der Waals surface area contributed by atoms with Crippen molar-refractivity contribution in [3.63, 3.8) is 0 Å². The molecule has 0 aliphatic carbocycles. The molecule has 2 aromatic heterocycles. The van der Waals surface area contributed by atoms with Gasteiger partial charge in [0.05, 0.1) is 0 Å². The molecule has 0 saturated carbocycles. The van der Waals surface area contributed by atoms with Crippen molar-refractivity contribution in [3.8, 4) is 11.5 Å².